The zero-order valence-electron chi connectivity index (χ0n) is 22.1. The van der Waals surface area contributed by atoms with E-state index in [4.69, 9.17) is 4.99 Å². The highest BCUT2D eigenvalue weighted by atomic mass is 32.2. The van der Waals surface area contributed by atoms with Gasteiger partial charge in [0.25, 0.3) is 5.91 Å². The first-order valence-corrected chi connectivity index (χ1v) is 14.6. The molecule has 39 heavy (non-hydrogen) atoms. The highest BCUT2D eigenvalue weighted by Crippen LogP contribution is 2.51. The zero-order valence-corrected chi connectivity index (χ0v) is 23.7. The summed E-state index contributed by atoms with van der Waals surface area (Å²) < 4.78 is 0. The normalized spacial score (nSPS) is 20.2. The smallest absolute Gasteiger partial charge is 0.335 e. The Bertz CT molecular complexity index is 1450. The van der Waals surface area contributed by atoms with E-state index in [0.29, 0.717) is 27.9 Å². The average molecular weight is 563 g/mol. The van der Waals surface area contributed by atoms with Gasteiger partial charge in [-0.25, -0.2) is 9.79 Å². The van der Waals surface area contributed by atoms with E-state index in [1.165, 1.54) is 29.3 Å². The number of Topliss-reactive ketones (excluding diaryl/α,β-unsaturated/α-hetero) is 1. The van der Waals surface area contributed by atoms with Gasteiger partial charge in [-0.1, -0.05) is 23.9 Å². The highest BCUT2D eigenvalue weighted by Gasteiger charge is 2.40. The van der Waals surface area contributed by atoms with Crippen LogP contribution in [0.1, 0.15) is 65.8 Å². The average Bonchev–Trinajstić information content (AvgIpc) is 3.41. The van der Waals surface area contributed by atoms with Crippen LogP contribution < -0.4 is 5.32 Å². The number of anilines is 1. The van der Waals surface area contributed by atoms with Crippen molar-refractivity contribution < 1.29 is 19.5 Å². The minimum absolute atomic E-state index is 0.0616. The molecular weight excluding hydrogens is 532 g/mol. The van der Waals surface area contributed by atoms with Gasteiger partial charge in [0.1, 0.15) is 4.91 Å². The number of hydrogen-bond acceptors (Lipinski definition) is 8. The number of allylic oxidation sites excluding steroid dienone is 2. The van der Waals surface area contributed by atoms with Crippen LogP contribution in [0.15, 0.2) is 68.0 Å². The van der Waals surface area contributed by atoms with E-state index >= 15 is 0 Å². The number of aliphatic imine (C=N–C) groups is 1. The summed E-state index contributed by atoms with van der Waals surface area (Å²) in [5.41, 5.74) is 4.19. The van der Waals surface area contributed by atoms with E-state index in [1.54, 1.807) is 53.1 Å². The van der Waals surface area contributed by atoms with Crippen molar-refractivity contribution in [2.45, 2.75) is 46.1 Å². The summed E-state index contributed by atoms with van der Waals surface area (Å²) in [7, 11) is 2.03. The largest absolute Gasteiger partial charge is 0.478 e. The molecule has 2 aromatic carbocycles. The first kappa shape index (κ1) is 27.1. The maximum atomic E-state index is 14.0. The molecule has 1 aliphatic carbocycles. The zero-order chi connectivity index (χ0) is 27.7. The van der Waals surface area contributed by atoms with Crippen LogP contribution in [-0.2, 0) is 11.3 Å². The Morgan fingerprint density at radius 2 is 1.77 bits per heavy atom. The lowest BCUT2D eigenvalue weighted by atomic mass is 10.0. The Hall–Kier alpha value is -3.50. The monoisotopic (exact) mass is 562 g/mol. The second kappa shape index (κ2) is 11.3. The number of benzene rings is 2. The lowest BCUT2D eigenvalue weighted by Gasteiger charge is -2.20. The fraction of sp³-hybridized carbons (Fsp3) is 0.310. The van der Waals surface area contributed by atoms with Gasteiger partial charge in [0.2, 0.25) is 0 Å². The molecule has 2 N–H and O–H groups in total. The molecule has 2 heterocycles. The molecule has 1 saturated heterocycles. The van der Waals surface area contributed by atoms with Crippen molar-refractivity contribution in [3.63, 3.8) is 0 Å². The first-order chi connectivity index (χ1) is 18.8. The number of ketones is 1. The van der Waals surface area contributed by atoms with Crippen LogP contribution in [-0.4, -0.2) is 51.3 Å². The summed E-state index contributed by atoms with van der Waals surface area (Å²) in [5, 5.41) is 14.0. The van der Waals surface area contributed by atoms with Crippen molar-refractivity contribution in [1.82, 2.24) is 9.80 Å². The van der Waals surface area contributed by atoms with Gasteiger partial charge in [0.05, 0.1) is 28.5 Å². The van der Waals surface area contributed by atoms with Gasteiger partial charge >= 0.3 is 5.97 Å². The number of amidine groups is 1. The van der Waals surface area contributed by atoms with E-state index in [0.717, 1.165) is 42.0 Å². The molecule has 1 fully saturated rings. The SMILES string of the molecule is CCNc1ccc(C(C)=O)cc1N=C1SC(=C2SC3=C(CCCC3)N2C)C(=O)N1Cc1ccc(C(=O)O)cc1. The lowest BCUT2D eigenvalue weighted by molar-refractivity contribution is -0.122. The number of amides is 1. The Morgan fingerprint density at radius 3 is 2.44 bits per heavy atom. The molecule has 0 aromatic heterocycles. The Morgan fingerprint density at radius 1 is 1.05 bits per heavy atom. The van der Waals surface area contributed by atoms with E-state index < -0.39 is 5.97 Å². The summed E-state index contributed by atoms with van der Waals surface area (Å²) >= 11 is 3.03. The molecule has 202 valence electrons. The number of carboxylic acid groups (broad SMARTS) is 1. The second-order valence-electron chi connectivity index (χ2n) is 9.58. The third-order valence-corrected chi connectivity index (χ3v) is 9.46. The van der Waals surface area contributed by atoms with E-state index in [-0.39, 0.29) is 23.8 Å². The van der Waals surface area contributed by atoms with Crippen LogP contribution in [0.5, 0.6) is 0 Å². The Labute approximate surface area is 236 Å². The maximum absolute atomic E-state index is 14.0. The van der Waals surface area contributed by atoms with Gasteiger partial charge < -0.3 is 15.3 Å². The number of nitrogens with zero attached hydrogens (tertiary/aromatic N) is 3. The first-order valence-electron chi connectivity index (χ1n) is 12.9. The molecule has 1 amide bonds. The molecule has 0 spiro atoms. The van der Waals surface area contributed by atoms with Crippen LogP contribution in [0.3, 0.4) is 0 Å². The third-order valence-electron chi connectivity index (χ3n) is 6.91. The van der Waals surface area contributed by atoms with E-state index in [9.17, 15) is 19.5 Å². The number of aromatic carboxylic acids is 1. The quantitative estimate of drug-likeness (QED) is 0.295. The van der Waals surface area contributed by atoms with Crippen molar-refractivity contribution in [1.29, 1.82) is 0 Å². The molecule has 0 bridgehead atoms. The molecule has 3 aliphatic rings. The number of carboxylic acids is 1. The fourth-order valence-corrected chi connectivity index (χ4v) is 7.33. The molecule has 10 heteroatoms. The van der Waals surface area contributed by atoms with Crippen molar-refractivity contribution >= 4 is 57.7 Å². The molecular formula is C29H30N4O4S2. The number of thioether (sulfide) groups is 2. The maximum Gasteiger partial charge on any atom is 0.335 e. The van der Waals surface area contributed by atoms with Gasteiger partial charge in [0.15, 0.2) is 11.0 Å². The number of nitrogens with one attached hydrogen (secondary N) is 1. The molecule has 5 rings (SSSR count). The second-order valence-corrected chi connectivity index (χ2v) is 11.6. The molecule has 0 radical (unpaired) electrons. The third kappa shape index (κ3) is 5.49. The minimum Gasteiger partial charge on any atom is -0.478 e. The number of hydrogen-bond donors (Lipinski definition) is 2. The summed E-state index contributed by atoms with van der Waals surface area (Å²) in [6.45, 7) is 4.43. The summed E-state index contributed by atoms with van der Waals surface area (Å²) in [6, 6.07) is 11.9. The van der Waals surface area contributed by atoms with Crippen LogP contribution in [0.4, 0.5) is 11.4 Å². The van der Waals surface area contributed by atoms with Gasteiger partial charge in [-0.05, 0) is 87.2 Å². The minimum atomic E-state index is -0.998. The number of carbonyl (C=O) groups excluding carboxylic acids is 2. The van der Waals surface area contributed by atoms with E-state index in [1.807, 2.05) is 20.0 Å². The van der Waals surface area contributed by atoms with Crippen molar-refractivity contribution in [3.05, 3.63) is 79.7 Å². The Balaban J connectivity index is 1.56. The summed E-state index contributed by atoms with van der Waals surface area (Å²) in [4.78, 5) is 48.1. The van der Waals surface area contributed by atoms with Crippen LogP contribution >= 0.6 is 23.5 Å². The van der Waals surface area contributed by atoms with Crippen molar-refractivity contribution in [3.8, 4) is 0 Å². The van der Waals surface area contributed by atoms with Crippen molar-refractivity contribution in [2.75, 3.05) is 18.9 Å². The number of rotatable bonds is 7. The molecule has 0 saturated carbocycles. The predicted molar refractivity (Wildman–Crippen MR) is 157 cm³/mol. The van der Waals surface area contributed by atoms with Gasteiger partial charge in [0, 0.05) is 29.8 Å². The molecule has 8 nitrogen and oxygen atoms in total. The number of carbonyl (C=O) groups is 3. The summed E-state index contributed by atoms with van der Waals surface area (Å²) in [5.74, 6) is -1.20. The van der Waals surface area contributed by atoms with Gasteiger partial charge in [-0.3, -0.25) is 14.5 Å². The van der Waals surface area contributed by atoms with Crippen molar-refractivity contribution in [2.24, 2.45) is 4.99 Å². The van der Waals surface area contributed by atoms with Crippen LogP contribution in [0.25, 0.3) is 0 Å². The standard InChI is InChI=1S/C29H30N4O4S2/c1-4-30-21-14-13-20(17(2)34)15-22(21)31-29-33(16-18-9-11-19(12-10-18)28(36)37)26(35)25(39-29)27-32(3)23-7-5-6-8-24(23)38-27/h9-15,30H,4-8,16H2,1-3H3,(H,36,37). The lowest BCUT2D eigenvalue weighted by Crippen LogP contribution is -2.29. The van der Waals surface area contributed by atoms with Crippen LogP contribution in [0.2, 0.25) is 0 Å². The van der Waals surface area contributed by atoms with E-state index in [2.05, 4.69) is 10.2 Å². The van der Waals surface area contributed by atoms with Gasteiger partial charge in [-0.15, -0.1) is 0 Å². The molecule has 0 atom stereocenters. The predicted octanol–water partition coefficient (Wildman–Crippen LogP) is 6.42. The van der Waals surface area contributed by atoms with Crippen LogP contribution in [0, 0.1) is 0 Å². The molecule has 0 unspecified atom stereocenters. The summed E-state index contributed by atoms with van der Waals surface area (Å²) in [6.07, 6.45) is 4.36. The highest BCUT2D eigenvalue weighted by molar-refractivity contribution is 8.19. The van der Waals surface area contributed by atoms with Gasteiger partial charge in [-0.2, -0.15) is 0 Å². The molecule has 2 aromatic rings. The molecule has 2 aliphatic heterocycles. The fourth-order valence-electron chi connectivity index (χ4n) is 4.81. The topological polar surface area (TPSA) is 102 Å². The Kier molecular flexibility index (Phi) is 7.86.